The Labute approximate surface area is 193 Å². The quantitative estimate of drug-likeness (QED) is 0.376. The second-order valence-corrected chi connectivity index (χ2v) is 7.90. The summed E-state index contributed by atoms with van der Waals surface area (Å²) < 4.78 is 3.21. The zero-order valence-electron chi connectivity index (χ0n) is 18.1. The summed E-state index contributed by atoms with van der Waals surface area (Å²) in [6.45, 7) is 0.512. The first-order valence-electron chi connectivity index (χ1n) is 10.9. The van der Waals surface area contributed by atoms with Crippen molar-refractivity contribution >= 4 is 39.4 Å². The van der Waals surface area contributed by atoms with Gasteiger partial charge in [-0.25, -0.2) is 15.0 Å². The van der Waals surface area contributed by atoms with Crippen molar-refractivity contribution in [1.29, 1.82) is 0 Å². The number of hydrogen-bond acceptors (Lipinski definition) is 6. The van der Waals surface area contributed by atoms with E-state index in [1.807, 2.05) is 66.7 Å². The molecule has 6 rings (SSSR count). The molecule has 0 N–H and O–H groups in total. The summed E-state index contributed by atoms with van der Waals surface area (Å²) in [6, 6.07) is 21.4. The lowest BCUT2D eigenvalue weighted by molar-refractivity contribution is 0.661. The molecule has 0 saturated heterocycles. The van der Waals surface area contributed by atoms with Crippen LogP contribution in [0.1, 0.15) is 11.1 Å². The van der Waals surface area contributed by atoms with Gasteiger partial charge in [-0.15, -0.1) is 0 Å². The zero-order chi connectivity index (χ0) is 22.9. The van der Waals surface area contributed by atoms with Gasteiger partial charge in [0.1, 0.15) is 10.9 Å². The lowest BCUT2D eigenvalue weighted by atomic mass is 10.1. The minimum Gasteiger partial charge on any atom is -0.298 e. The van der Waals surface area contributed by atoms with Crippen LogP contribution in [0.5, 0.6) is 0 Å². The molecule has 0 unspecified atom stereocenters. The summed E-state index contributed by atoms with van der Waals surface area (Å²) in [7, 11) is 0. The van der Waals surface area contributed by atoms with Crippen LogP contribution in [-0.4, -0.2) is 35.4 Å². The van der Waals surface area contributed by atoms with Gasteiger partial charge in [0.15, 0.2) is 11.3 Å². The minimum atomic E-state index is -0.161. The average Bonchev–Trinajstić information content (AvgIpc) is 3.20. The summed E-state index contributed by atoms with van der Waals surface area (Å²) in [5.41, 5.74) is 4.65. The summed E-state index contributed by atoms with van der Waals surface area (Å²) in [5, 5.41) is 5.01. The van der Waals surface area contributed by atoms with Gasteiger partial charge in [0, 0.05) is 24.5 Å². The van der Waals surface area contributed by atoms with E-state index in [2.05, 4.69) is 15.1 Å². The van der Waals surface area contributed by atoms with Gasteiger partial charge in [0.2, 0.25) is 0 Å². The number of hydrogen-bond donors (Lipinski definition) is 0. The van der Waals surface area contributed by atoms with Gasteiger partial charge in [-0.3, -0.25) is 14.3 Å². The summed E-state index contributed by atoms with van der Waals surface area (Å²) in [5.74, 6) is 0. The highest BCUT2D eigenvalue weighted by molar-refractivity contribution is 6.04. The van der Waals surface area contributed by atoms with Gasteiger partial charge < -0.3 is 0 Å². The van der Waals surface area contributed by atoms with Crippen molar-refractivity contribution in [3.8, 4) is 0 Å². The van der Waals surface area contributed by atoms with Gasteiger partial charge in [-0.1, -0.05) is 48.5 Å². The predicted octanol–water partition coefficient (Wildman–Crippen LogP) is 3.81. The molecule has 0 bridgehead atoms. The Morgan fingerprint density at radius 3 is 2.47 bits per heavy atom. The molecular weight excluding hydrogens is 426 g/mol. The molecule has 8 heteroatoms. The first-order chi connectivity index (χ1) is 16.8. The van der Waals surface area contributed by atoms with Crippen LogP contribution in [-0.2, 0) is 13.0 Å². The molecule has 0 fully saturated rings. The Morgan fingerprint density at radius 2 is 1.68 bits per heavy atom. The number of fused-ring (bicyclic) bond motifs is 4. The molecule has 34 heavy (non-hydrogen) atoms. The van der Waals surface area contributed by atoms with Crippen molar-refractivity contribution in [2.45, 2.75) is 13.0 Å². The lowest BCUT2D eigenvalue weighted by Gasteiger charge is -2.05. The van der Waals surface area contributed by atoms with E-state index < -0.39 is 0 Å². The standard InChI is InChI=1S/C26H19N7O/c34-26-22-23-25(31-21-11-5-4-10-20(21)30-23)33(29-16-19-9-6-13-27-15-19)24(22)28-17-32(26)14-12-18-7-2-1-3-8-18/h1-11,13,15-17H,12,14H2/b29-16-. The summed E-state index contributed by atoms with van der Waals surface area (Å²) >= 11 is 0. The van der Waals surface area contributed by atoms with Crippen LogP contribution >= 0.6 is 0 Å². The van der Waals surface area contributed by atoms with Gasteiger partial charge in [-0.05, 0) is 30.2 Å². The lowest BCUT2D eigenvalue weighted by Crippen LogP contribution is -2.21. The Bertz CT molecular complexity index is 1720. The molecule has 0 spiro atoms. The van der Waals surface area contributed by atoms with E-state index in [0.29, 0.717) is 34.3 Å². The van der Waals surface area contributed by atoms with Crippen molar-refractivity contribution in [3.05, 3.63) is 107 Å². The van der Waals surface area contributed by atoms with E-state index in [-0.39, 0.29) is 5.56 Å². The van der Waals surface area contributed by atoms with Crippen molar-refractivity contribution < 1.29 is 0 Å². The molecule has 0 saturated carbocycles. The molecule has 6 aromatic rings. The van der Waals surface area contributed by atoms with Crippen LogP contribution in [0.4, 0.5) is 0 Å². The molecule has 4 heterocycles. The Morgan fingerprint density at radius 1 is 0.882 bits per heavy atom. The van der Waals surface area contributed by atoms with E-state index in [0.717, 1.165) is 23.1 Å². The first-order valence-corrected chi connectivity index (χ1v) is 10.9. The molecule has 2 aromatic carbocycles. The molecule has 164 valence electrons. The van der Waals surface area contributed by atoms with E-state index in [9.17, 15) is 4.79 Å². The van der Waals surface area contributed by atoms with Crippen LogP contribution < -0.4 is 5.56 Å². The third-order valence-electron chi connectivity index (χ3n) is 5.70. The Balaban J connectivity index is 1.55. The highest BCUT2D eigenvalue weighted by atomic mass is 16.1. The minimum absolute atomic E-state index is 0.161. The maximum absolute atomic E-state index is 13.6. The van der Waals surface area contributed by atoms with Gasteiger partial charge in [0.05, 0.1) is 23.6 Å². The predicted molar refractivity (Wildman–Crippen MR) is 132 cm³/mol. The van der Waals surface area contributed by atoms with Crippen molar-refractivity contribution in [1.82, 2.24) is 29.2 Å². The topological polar surface area (TPSA) is 90.8 Å². The fraction of sp³-hybridized carbons (Fsp3) is 0.0769. The van der Waals surface area contributed by atoms with Crippen LogP contribution in [0.15, 0.2) is 95.3 Å². The fourth-order valence-electron chi connectivity index (χ4n) is 3.99. The van der Waals surface area contributed by atoms with Crippen molar-refractivity contribution in [3.63, 3.8) is 0 Å². The third-order valence-corrected chi connectivity index (χ3v) is 5.70. The molecular formula is C26H19N7O. The zero-order valence-corrected chi connectivity index (χ0v) is 18.1. The van der Waals surface area contributed by atoms with Crippen molar-refractivity contribution in [2.24, 2.45) is 5.10 Å². The number of para-hydroxylation sites is 2. The monoisotopic (exact) mass is 445 g/mol. The highest BCUT2D eigenvalue weighted by Gasteiger charge is 2.19. The van der Waals surface area contributed by atoms with E-state index in [1.54, 1.807) is 34.2 Å². The number of pyridine rings is 1. The van der Waals surface area contributed by atoms with Crippen molar-refractivity contribution in [2.75, 3.05) is 0 Å². The molecule has 0 aliphatic heterocycles. The molecule has 0 amide bonds. The van der Waals surface area contributed by atoms with E-state index in [4.69, 9.17) is 9.97 Å². The van der Waals surface area contributed by atoms with Gasteiger partial charge in [-0.2, -0.15) is 9.78 Å². The van der Waals surface area contributed by atoms with Crippen LogP contribution in [0.3, 0.4) is 0 Å². The highest BCUT2D eigenvalue weighted by Crippen LogP contribution is 2.24. The average molecular weight is 445 g/mol. The molecule has 4 aromatic heterocycles. The Kier molecular flexibility index (Phi) is 4.88. The first kappa shape index (κ1) is 19.9. The van der Waals surface area contributed by atoms with Gasteiger partial charge in [0.25, 0.3) is 5.56 Å². The molecule has 0 aliphatic carbocycles. The van der Waals surface area contributed by atoms with E-state index >= 15 is 0 Å². The number of benzene rings is 2. The van der Waals surface area contributed by atoms with Gasteiger partial charge >= 0.3 is 0 Å². The van der Waals surface area contributed by atoms with Crippen LogP contribution in [0.25, 0.3) is 33.2 Å². The summed E-state index contributed by atoms with van der Waals surface area (Å²) in [6.07, 6.45) is 7.38. The van der Waals surface area contributed by atoms with E-state index in [1.165, 1.54) is 0 Å². The second-order valence-electron chi connectivity index (χ2n) is 7.90. The maximum Gasteiger partial charge on any atom is 0.265 e. The number of nitrogens with zero attached hydrogens (tertiary/aromatic N) is 7. The number of aromatic nitrogens is 6. The number of rotatable bonds is 5. The summed E-state index contributed by atoms with van der Waals surface area (Å²) in [4.78, 5) is 31.9. The fourth-order valence-corrected chi connectivity index (χ4v) is 3.99. The third kappa shape index (κ3) is 3.51. The normalized spacial score (nSPS) is 11.8. The van der Waals surface area contributed by atoms with Crippen LogP contribution in [0.2, 0.25) is 0 Å². The smallest absolute Gasteiger partial charge is 0.265 e. The molecule has 8 nitrogen and oxygen atoms in total. The SMILES string of the molecule is O=c1c2c3nc4ccccc4nc3n(/N=C\c3cccnc3)c2ncn1CCc1ccccc1. The maximum atomic E-state index is 13.6. The number of aryl methyl sites for hydroxylation is 2. The van der Waals surface area contributed by atoms with Crippen LogP contribution in [0, 0.1) is 0 Å². The second kappa shape index (κ2) is 8.32. The molecule has 0 aliphatic rings. The molecule has 0 atom stereocenters. The largest absolute Gasteiger partial charge is 0.298 e. The Hall–Kier alpha value is -4.72. The molecule has 0 radical (unpaired) electrons.